The first kappa shape index (κ1) is 15.1. The average molecular weight is 249 g/mol. The van der Waals surface area contributed by atoms with E-state index in [1.807, 2.05) is 18.3 Å². The zero-order valence-electron chi connectivity index (χ0n) is 12.0. The van der Waals surface area contributed by atoms with Gasteiger partial charge in [0.15, 0.2) is 0 Å². The van der Waals surface area contributed by atoms with Gasteiger partial charge in [-0.1, -0.05) is 32.8 Å². The minimum absolute atomic E-state index is 0.145. The van der Waals surface area contributed by atoms with Gasteiger partial charge in [-0.15, -0.1) is 0 Å². The van der Waals surface area contributed by atoms with Crippen LogP contribution in [-0.4, -0.2) is 29.5 Å². The van der Waals surface area contributed by atoms with Crippen LogP contribution in [0, 0.1) is 0 Å². The van der Waals surface area contributed by atoms with Crippen LogP contribution >= 0.6 is 0 Å². The molecule has 2 atom stereocenters. The van der Waals surface area contributed by atoms with Crippen LogP contribution in [0.1, 0.15) is 51.3 Å². The molecule has 1 aromatic heterocycles. The highest BCUT2D eigenvalue weighted by atomic mass is 15.2. The topological polar surface area (TPSA) is 42.2 Å². The van der Waals surface area contributed by atoms with E-state index in [0.29, 0.717) is 0 Å². The fourth-order valence-corrected chi connectivity index (χ4v) is 2.30. The lowest BCUT2D eigenvalue weighted by Gasteiger charge is -2.32. The molecular formula is C15H27N3. The Balaban J connectivity index is 2.72. The van der Waals surface area contributed by atoms with Crippen LogP contribution in [0.5, 0.6) is 0 Å². The van der Waals surface area contributed by atoms with Gasteiger partial charge in [0.25, 0.3) is 0 Å². The Morgan fingerprint density at radius 3 is 2.61 bits per heavy atom. The smallest absolute Gasteiger partial charge is 0.0671 e. The first-order valence-electron chi connectivity index (χ1n) is 7.07. The summed E-state index contributed by atoms with van der Waals surface area (Å²) in [4.78, 5) is 6.83. The fourth-order valence-electron chi connectivity index (χ4n) is 2.30. The number of hydrogen-bond acceptors (Lipinski definition) is 3. The van der Waals surface area contributed by atoms with Crippen LogP contribution in [0.3, 0.4) is 0 Å². The van der Waals surface area contributed by atoms with E-state index in [-0.39, 0.29) is 12.1 Å². The summed E-state index contributed by atoms with van der Waals surface area (Å²) in [6, 6.07) is 6.45. The summed E-state index contributed by atoms with van der Waals surface area (Å²) in [7, 11) is 2.16. The fraction of sp³-hybridized carbons (Fsp3) is 0.667. The summed E-state index contributed by atoms with van der Waals surface area (Å²) < 4.78 is 0. The van der Waals surface area contributed by atoms with Gasteiger partial charge in [0.1, 0.15) is 0 Å². The van der Waals surface area contributed by atoms with Crippen molar-refractivity contribution in [2.24, 2.45) is 5.73 Å². The van der Waals surface area contributed by atoms with Gasteiger partial charge in [0, 0.05) is 12.2 Å². The van der Waals surface area contributed by atoms with Gasteiger partial charge < -0.3 is 5.73 Å². The van der Waals surface area contributed by atoms with E-state index in [1.54, 1.807) is 0 Å². The molecule has 1 rings (SSSR count). The Bertz CT molecular complexity index is 313. The summed E-state index contributed by atoms with van der Waals surface area (Å²) in [6.07, 6.45) is 6.58. The Morgan fingerprint density at radius 2 is 2.06 bits per heavy atom. The molecule has 3 heteroatoms. The minimum Gasteiger partial charge on any atom is -0.326 e. The highest BCUT2D eigenvalue weighted by Gasteiger charge is 2.23. The normalized spacial score (nSPS) is 14.7. The summed E-state index contributed by atoms with van der Waals surface area (Å²) in [6.45, 7) is 5.46. The molecule has 0 bridgehead atoms. The highest BCUT2D eigenvalue weighted by Crippen LogP contribution is 2.22. The van der Waals surface area contributed by atoms with E-state index in [0.717, 1.165) is 18.7 Å². The molecule has 0 saturated heterocycles. The lowest BCUT2D eigenvalue weighted by atomic mass is 10.0. The van der Waals surface area contributed by atoms with Gasteiger partial charge in [-0.2, -0.15) is 0 Å². The predicted molar refractivity (Wildman–Crippen MR) is 77.4 cm³/mol. The van der Waals surface area contributed by atoms with Crippen LogP contribution in [0.25, 0.3) is 0 Å². The second-order valence-electron chi connectivity index (χ2n) is 4.96. The molecule has 0 amide bonds. The quantitative estimate of drug-likeness (QED) is 0.720. The highest BCUT2D eigenvalue weighted by molar-refractivity contribution is 5.11. The van der Waals surface area contributed by atoms with Crippen molar-refractivity contribution in [3.05, 3.63) is 30.1 Å². The molecule has 1 aromatic rings. The summed E-state index contributed by atoms with van der Waals surface area (Å²) in [5.41, 5.74) is 7.36. The molecule has 0 aliphatic carbocycles. The first-order valence-corrected chi connectivity index (χ1v) is 7.07. The minimum atomic E-state index is 0.145. The van der Waals surface area contributed by atoms with Crippen molar-refractivity contribution in [3.8, 4) is 0 Å². The monoisotopic (exact) mass is 249 g/mol. The predicted octanol–water partition coefficient (Wildman–Crippen LogP) is 2.98. The van der Waals surface area contributed by atoms with E-state index in [1.165, 1.54) is 19.3 Å². The number of unbranched alkanes of at least 4 members (excludes halogenated alkanes) is 2. The van der Waals surface area contributed by atoms with E-state index in [9.17, 15) is 0 Å². The van der Waals surface area contributed by atoms with E-state index in [4.69, 9.17) is 5.73 Å². The third-order valence-electron chi connectivity index (χ3n) is 3.46. The van der Waals surface area contributed by atoms with Crippen LogP contribution in [0.4, 0.5) is 0 Å². The van der Waals surface area contributed by atoms with Crippen LogP contribution in [0.15, 0.2) is 24.4 Å². The number of pyridine rings is 1. The molecule has 3 nitrogen and oxygen atoms in total. The zero-order chi connectivity index (χ0) is 13.4. The Labute approximate surface area is 111 Å². The van der Waals surface area contributed by atoms with Crippen molar-refractivity contribution in [2.75, 3.05) is 13.6 Å². The summed E-state index contributed by atoms with van der Waals surface area (Å²) in [5.74, 6) is 0. The third kappa shape index (κ3) is 4.39. The van der Waals surface area contributed by atoms with Gasteiger partial charge in [-0.3, -0.25) is 9.88 Å². The van der Waals surface area contributed by atoms with Gasteiger partial charge in [0.05, 0.1) is 11.7 Å². The molecule has 0 saturated carbocycles. The zero-order valence-corrected chi connectivity index (χ0v) is 12.0. The number of aromatic nitrogens is 1. The molecule has 0 fully saturated rings. The van der Waals surface area contributed by atoms with Crippen LogP contribution in [0.2, 0.25) is 0 Å². The van der Waals surface area contributed by atoms with Crippen molar-refractivity contribution in [1.82, 2.24) is 9.88 Å². The maximum atomic E-state index is 6.27. The Kier molecular flexibility index (Phi) is 6.91. The Morgan fingerprint density at radius 1 is 1.28 bits per heavy atom. The number of likely N-dealkylation sites (N-methyl/N-ethyl adjacent to an activating group) is 1. The summed E-state index contributed by atoms with van der Waals surface area (Å²) in [5, 5.41) is 0. The molecule has 2 N–H and O–H groups in total. The second-order valence-corrected chi connectivity index (χ2v) is 4.96. The van der Waals surface area contributed by atoms with Gasteiger partial charge in [0.2, 0.25) is 0 Å². The molecule has 0 aliphatic heterocycles. The van der Waals surface area contributed by atoms with E-state index in [2.05, 4.69) is 36.8 Å². The Hall–Kier alpha value is -0.930. The molecule has 0 aromatic carbocycles. The van der Waals surface area contributed by atoms with Gasteiger partial charge in [-0.25, -0.2) is 0 Å². The third-order valence-corrected chi connectivity index (χ3v) is 3.46. The van der Waals surface area contributed by atoms with Crippen molar-refractivity contribution in [1.29, 1.82) is 0 Å². The van der Waals surface area contributed by atoms with Crippen molar-refractivity contribution in [2.45, 2.75) is 51.6 Å². The van der Waals surface area contributed by atoms with Crippen LogP contribution in [-0.2, 0) is 0 Å². The molecule has 0 aliphatic rings. The number of hydrogen-bond donors (Lipinski definition) is 1. The van der Waals surface area contributed by atoms with Gasteiger partial charge >= 0.3 is 0 Å². The van der Waals surface area contributed by atoms with Crippen molar-refractivity contribution < 1.29 is 0 Å². The maximum Gasteiger partial charge on any atom is 0.0671 e. The maximum absolute atomic E-state index is 6.27. The average Bonchev–Trinajstić information content (AvgIpc) is 2.40. The molecule has 0 radical (unpaired) electrons. The summed E-state index contributed by atoms with van der Waals surface area (Å²) >= 11 is 0. The molecule has 1 heterocycles. The number of rotatable bonds is 8. The second kappa shape index (κ2) is 8.22. The molecule has 2 unspecified atom stereocenters. The van der Waals surface area contributed by atoms with Crippen molar-refractivity contribution >= 4 is 0 Å². The lowest BCUT2D eigenvalue weighted by Crippen LogP contribution is -2.39. The number of nitrogens with zero attached hydrogens (tertiary/aromatic N) is 2. The standard InChI is InChI=1S/C15H27N3/c1-4-6-9-12-18(3)15(13(16)5-2)14-10-7-8-11-17-14/h7-8,10-11,13,15H,4-6,9,12,16H2,1-3H3. The first-order chi connectivity index (χ1) is 8.70. The van der Waals surface area contributed by atoms with E-state index < -0.39 is 0 Å². The lowest BCUT2D eigenvalue weighted by molar-refractivity contribution is 0.201. The molecular weight excluding hydrogens is 222 g/mol. The van der Waals surface area contributed by atoms with E-state index >= 15 is 0 Å². The van der Waals surface area contributed by atoms with Crippen LogP contribution < -0.4 is 5.73 Å². The molecule has 0 spiro atoms. The molecule has 102 valence electrons. The number of nitrogens with two attached hydrogens (primary N) is 1. The van der Waals surface area contributed by atoms with Crippen molar-refractivity contribution in [3.63, 3.8) is 0 Å². The largest absolute Gasteiger partial charge is 0.326 e. The SMILES string of the molecule is CCCCCN(C)C(c1ccccn1)C(N)CC. The molecule has 18 heavy (non-hydrogen) atoms. The van der Waals surface area contributed by atoms with Gasteiger partial charge in [-0.05, 0) is 38.6 Å².